The first-order valence-electron chi connectivity index (χ1n) is 8.49. The molecule has 1 saturated heterocycles. The quantitative estimate of drug-likeness (QED) is 0.811. The number of benzene rings is 1. The Morgan fingerprint density at radius 2 is 2.21 bits per heavy atom. The van der Waals surface area contributed by atoms with E-state index in [-0.39, 0.29) is 17.9 Å². The Hall–Kier alpha value is -2.24. The molecule has 1 atom stereocenters. The second kappa shape index (κ2) is 9.15. The molecule has 0 spiro atoms. The lowest BCUT2D eigenvalue weighted by Gasteiger charge is -2.31. The lowest BCUT2D eigenvalue weighted by molar-refractivity contribution is -0.126. The van der Waals surface area contributed by atoms with Crippen molar-refractivity contribution in [1.82, 2.24) is 10.2 Å². The number of likely N-dealkylation sites (tertiary alicyclic amines) is 1. The highest BCUT2D eigenvalue weighted by atomic mass is 16.6. The monoisotopic (exact) mass is 334 g/mol. The zero-order chi connectivity index (χ0) is 17.4. The van der Waals surface area contributed by atoms with Gasteiger partial charge in [-0.15, -0.1) is 0 Å². The van der Waals surface area contributed by atoms with E-state index >= 15 is 0 Å². The first-order valence-corrected chi connectivity index (χ1v) is 8.49. The molecule has 1 aliphatic heterocycles. The molecule has 6 heteroatoms. The van der Waals surface area contributed by atoms with Crippen molar-refractivity contribution in [2.45, 2.75) is 26.7 Å². The Bertz CT molecular complexity index is 562. The molecule has 1 aromatic rings. The number of rotatable bonds is 6. The minimum Gasteiger partial charge on any atom is -0.492 e. The van der Waals surface area contributed by atoms with Gasteiger partial charge in [-0.25, -0.2) is 4.79 Å². The van der Waals surface area contributed by atoms with Gasteiger partial charge in [0.2, 0.25) is 5.91 Å². The second-order valence-electron chi connectivity index (χ2n) is 5.94. The van der Waals surface area contributed by atoms with Crippen LogP contribution in [0.2, 0.25) is 0 Å². The summed E-state index contributed by atoms with van der Waals surface area (Å²) in [6.45, 7) is 6.07. The van der Waals surface area contributed by atoms with Crippen molar-refractivity contribution < 1.29 is 19.1 Å². The Labute approximate surface area is 143 Å². The van der Waals surface area contributed by atoms with Crippen LogP contribution in [0, 0.1) is 12.8 Å². The summed E-state index contributed by atoms with van der Waals surface area (Å²) in [4.78, 5) is 25.6. The number of hydrogen-bond acceptors (Lipinski definition) is 4. The van der Waals surface area contributed by atoms with Crippen LogP contribution in [0.5, 0.6) is 5.75 Å². The largest absolute Gasteiger partial charge is 0.492 e. The van der Waals surface area contributed by atoms with E-state index in [1.54, 1.807) is 11.8 Å². The van der Waals surface area contributed by atoms with Crippen LogP contribution in [0.25, 0.3) is 0 Å². The van der Waals surface area contributed by atoms with Gasteiger partial charge in [0, 0.05) is 13.1 Å². The molecule has 6 nitrogen and oxygen atoms in total. The Morgan fingerprint density at radius 3 is 2.96 bits per heavy atom. The molecule has 2 amide bonds. The van der Waals surface area contributed by atoms with E-state index < -0.39 is 0 Å². The van der Waals surface area contributed by atoms with Crippen LogP contribution in [-0.4, -0.2) is 49.7 Å². The minimum atomic E-state index is -0.335. The van der Waals surface area contributed by atoms with Crippen molar-refractivity contribution in [1.29, 1.82) is 0 Å². The number of carbonyl (C=O) groups is 2. The molecular weight excluding hydrogens is 308 g/mol. The molecule has 0 aromatic heterocycles. The molecule has 2 rings (SSSR count). The van der Waals surface area contributed by atoms with Crippen molar-refractivity contribution in [2.75, 3.05) is 32.8 Å². The highest BCUT2D eigenvalue weighted by Crippen LogP contribution is 2.17. The number of piperidine rings is 1. The fourth-order valence-electron chi connectivity index (χ4n) is 2.76. The van der Waals surface area contributed by atoms with Gasteiger partial charge >= 0.3 is 6.09 Å². The van der Waals surface area contributed by atoms with E-state index in [1.807, 2.05) is 31.2 Å². The van der Waals surface area contributed by atoms with Gasteiger partial charge < -0.3 is 19.7 Å². The third kappa shape index (κ3) is 5.44. The molecule has 24 heavy (non-hydrogen) atoms. The standard InChI is InChI=1S/C18H26N2O4/c1-3-23-18(22)20-10-5-7-15(13-20)17(21)19-9-11-24-16-8-4-6-14(2)12-16/h4,6,8,12,15H,3,5,7,9-11,13H2,1-2H3,(H,19,21). The van der Waals surface area contributed by atoms with Crippen molar-refractivity contribution >= 4 is 12.0 Å². The number of carbonyl (C=O) groups excluding carboxylic acids is 2. The summed E-state index contributed by atoms with van der Waals surface area (Å²) in [5, 5.41) is 2.89. The van der Waals surface area contributed by atoms with Gasteiger partial charge in [0.05, 0.1) is 19.1 Å². The lowest BCUT2D eigenvalue weighted by Crippen LogP contribution is -2.46. The zero-order valence-corrected chi connectivity index (χ0v) is 14.4. The summed E-state index contributed by atoms with van der Waals surface area (Å²) < 4.78 is 10.6. The Kier molecular flexibility index (Phi) is 6.90. The molecule has 0 saturated carbocycles. The fourth-order valence-corrected chi connectivity index (χ4v) is 2.76. The van der Waals surface area contributed by atoms with Crippen LogP contribution in [0.3, 0.4) is 0 Å². The minimum absolute atomic E-state index is 0.0307. The maximum absolute atomic E-state index is 12.2. The summed E-state index contributed by atoms with van der Waals surface area (Å²) >= 11 is 0. The summed E-state index contributed by atoms with van der Waals surface area (Å²) in [6.07, 6.45) is 1.27. The first-order chi connectivity index (χ1) is 11.6. The van der Waals surface area contributed by atoms with Crippen molar-refractivity contribution in [3.05, 3.63) is 29.8 Å². The summed E-state index contributed by atoms with van der Waals surface area (Å²) in [5.74, 6) is 0.592. The molecule has 1 N–H and O–H groups in total. The van der Waals surface area contributed by atoms with E-state index in [1.165, 1.54) is 0 Å². The highest BCUT2D eigenvalue weighted by molar-refractivity contribution is 5.80. The number of amides is 2. The van der Waals surface area contributed by atoms with Gasteiger partial charge in [-0.2, -0.15) is 0 Å². The molecule has 0 radical (unpaired) electrons. The third-order valence-corrected chi connectivity index (χ3v) is 3.98. The van der Waals surface area contributed by atoms with Crippen LogP contribution < -0.4 is 10.1 Å². The van der Waals surface area contributed by atoms with Gasteiger partial charge in [0.1, 0.15) is 12.4 Å². The number of nitrogens with zero attached hydrogens (tertiary/aromatic N) is 1. The van der Waals surface area contributed by atoms with Crippen LogP contribution >= 0.6 is 0 Å². The molecular formula is C18H26N2O4. The molecule has 0 bridgehead atoms. The number of hydrogen-bond donors (Lipinski definition) is 1. The normalized spacial score (nSPS) is 17.2. The highest BCUT2D eigenvalue weighted by Gasteiger charge is 2.28. The molecule has 1 aromatic carbocycles. The van der Waals surface area contributed by atoms with Gasteiger partial charge in [-0.1, -0.05) is 12.1 Å². The van der Waals surface area contributed by atoms with Gasteiger partial charge in [0.15, 0.2) is 0 Å². The predicted molar refractivity (Wildman–Crippen MR) is 91.0 cm³/mol. The van der Waals surface area contributed by atoms with Gasteiger partial charge in [-0.3, -0.25) is 4.79 Å². The Morgan fingerprint density at radius 1 is 1.38 bits per heavy atom. The molecule has 1 unspecified atom stereocenters. The number of aryl methyl sites for hydroxylation is 1. The summed E-state index contributed by atoms with van der Waals surface area (Å²) in [7, 11) is 0. The van der Waals surface area contributed by atoms with Crippen LogP contribution in [0.4, 0.5) is 4.79 Å². The second-order valence-corrected chi connectivity index (χ2v) is 5.94. The van der Waals surface area contributed by atoms with Crippen molar-refractivity contribution in [3.63, 3.8) is 0 Å². The number of nitrogens with one attached hydrogen (secondary N) is 1. The van der Waals surface area contributed by atoms with Crippen molar-refractivity contribution in [2.24, 2.45) is 5.92 Å². The van der Waals surface area contributed by atoms with E-state index in [2.05, 4.69) is 5.32 Å². The molecule has 132 valence electrons. The van der Waals surface area contributed by atoms with E-state index in [0.29, 0.717) is 32.8 Å². The summed E-state index contributed by atoms with van der Waals surface area (Å²) in [6, 6.07) is 7.80. The third-order valence-electron chi connectivity index (χ3n) is 3.98. The molecule has 0 aliphatic carbocycles. The smallest absolute Gasteiger partial charge is 0.409 e. The maximum Gasteiger partial charge on any atom is 0.409 e. The first kappa shape index (κ1) is 18.1. The van der Waals surface area contributed by atoms with Crippen molar-refractivity contribution in [3.8, 4) is 5.75 Å². The molecule has 1 heterocycles. The molecule has 1 fully saturated rings. The van der Waals surface area contributed by atoms with Crippen LogP contribution in [0.1, 0.15) is 25.3 Å². The van der Waals surface area contributed by atoms with E-state index in [9.17, 15) is 9.59 Å². The number of ether oxygens (including phenoxy) is 2. The summed E-state index contributed by atoms with van der Waals surface area (Å²) in [5.41, 5.74) is 1.14. The molecule has 1 aliphatic rings. The average molecular weight is 334 g/mol. The van der Waals surface area contributed by atoms with Crippen LogP contribution in [-0.2, 0) is 9.53 Å². The lowest BCUT2D eigenvalue weighted by atomic mass is 9.97. The van der Waals surface area contributed by atoms with E-state index in [4.69, 9.17) is 9.47 Å². The van der Waals surface area contributed by atoms with Crippen LogP contribution in [0.15, 0.2) is 24.3 Å². The fraction of sp³-hybridized carbons (Fsp3) is 0.556. The van der Waals surface area contributed by atoms with E-state index in [0.717, 1.165) is 24.2 Å². The predicted octanol–water partition coefficient (Wildman–Crippen LogP) is 2.36. The Balaban J connectivity index is 1.71. The van der Waals surface area contributed by atoms with Gasteiger partial charge in [-0.05, 0) is 44.4 Å². The van der Waals surface area contributed by atoms with Gasteiger partial charge in [0.25, 0.3) is 0 Å². The average Bonchev–Trinajstić information content (AvgIpc) is 2.59. The zero-order valence-electron chi connectivity index (χ0n) is 14.4. The topological polar surface area (TPSA) is 67.9 Å². The SMILES string of the molecule is CCOC(=O)N1CCCC(C(=O)NCCOc2cccc(C)c2)C1. The maximum atomic E-state index is 12.2.